The van der Waals surface area contributed by atoms with Crippen molar-refractivity contribution in [2.75, 3.05) is 17.3 Å². The first-order valence-electron chi connectivity index (χ1n) is 11.1. The van der Waals surface area contributed by atoms with Gasteiger partial charge in [0, 0.05) is 35.0 Å². The van der Waals surface area contributed by atoms with Crippen LogP contribution in [0.25, 0.3) is 21.0 Å². The van der Waals surface area contributed by atoms with Crippen LogP contribution in [0.1, 0.15) is 32.7 Å². The van der Waals surface area contributed by atoms with Crippen LogP contribution in [0.4, 0.5) is 11.5 Å². The lowest BCUT2D eigenvalue weighted by molar-refractivity contribution is 0.102. The van der Waals surface area contributed by atoms with Gasteiger partial charge in [0.2, 0.25) is 0 Å². The number of nitrogen functional groups attached to an aromatic ring is 1. The Morgan fingerprint density at radius 2 is 1.86 bits per heavy atom. The van der Waals surface area contributed by atoms with Crippen molar-refractivity contribution in [2.45, 2.75) is 19.1 Å². The Morgan fingerprint density at radius 1 is 1.06 bits per heavy atom. The smallest absolute Gasteiger partial charge is 0.258 e. The minimum atomic E-state index is -3.13. The van der Waals surface area contributed by atoms with Crippen LogP contribution in [0, 0.1) is 6.92 Å². The zero-order chi connectivity index (χ0) is 25.4. The first-order valence-corrected chi connectivity index (χ1v) is 14.1. The molecule has 5 aromatic rings. The van der Waals surface area contributed by atoms with Gasteiger partial charge in [-0.3, -0.25) is 9.78 Å². The molecule has 3 heterocycles. The molecule has 3 N–H and O–H groups in total. The van der Waals surface area contributed by atoms with Crippen LogP contribution in [-0.2, 0) is 22.0 Å². The average molecular weight is 518 g/mol. The number of benzene rings is 2. The van der Waals surface area contributed by atoms with Gasteiger partial charge in [-0.25, -0.2) is 18.4 Å². The number of amides is 1. The summed E-state index contributed by atoms with van der Waals surface area (Å²) in [6.07, 6.45) is 4.83. The third kappa shape index (κ3) is 4.77. The maximum atomic E-state index is 13.3. The minimum absolute atomic E-state index is 0.00693. The van der Waals surface area contributed by atoms with Crippen molar-refractivity contribution in [1.29, 1.82) is 0 Å². The average Bonchev–Trinajstić information content (AvgIpc) is 3.26. The second-order valence-electron chi connectivity index (χ2n) is 8.72. The number of nitrogens with two attached hydrogens (primary N) is 1. The molecule has 0 aliphatic heterocycles. The Balaban J connectivity index is 1.50. The fraction of sp³-hybridized carbons (Fsp3) is 0.154. The summed E-state index contributed by atoms with van der Waals surface area (Å²) >= 11 is 1.34. The van der Waals surface area contributed by atoms with Crippen molar-refractivity contribution >= 4 is 59.6 Å². The van der Waals surface area contributed by atoms with E-state index in [4.69, 9.17) is 5.73 Å². The van der Waals surface area contributed by atoms with Crippen molar-refractivity contribution in [2.24, 2.45) is 0 Å². The number of sulfone groups is 1. The molecule has 0 atom stereocenters. The number of hydrogen-bond donors (Lipinski definition) is 2. The van der Waals surface area contributed by atoms with E-state index in [-0.39, 0.29) is 11.7 Å². The standard InChI is InChI=1S/C26H23N5O3S2/c1-15-6-7-18-19(22(15)31-26(32)20-12-35-24-23(20)29-14-30-25(24)27)8-9-28-21(18)11-16-4-3-5-17(10-16)13-36(2,33)34/h3-10,12,14H,11,13H2,1-2H3,(H,31,32)(H2,27,29,30). The van der Waals surface area contributed by atoms with E-state index < -0.39 is 9.84 Å². The molecule has 2 aromatic carbocycles. The summed E-state index contributed by atoms with van der Waals surface area (Å²) in [5.74, 6) is 0.0658. The van der Waals surface area contributed by atoms with E-state index >= 15 is 0 Å². The zero-order valence-electron chi connectivity index (χ0n) is 19.6. The molecule has 36 heavy (non-hydrogen) atoms. The van der Waals surface area contributed by atoms with Crippen molar-refractivity contribution in [3.8, 4) is 0 Å². The SMILES string of the molecule is Cc1ccc2c(Cc3cccc(CS(C)(=O)=O)c3)nccc2c1NC(=O)c1csc2c(N)ncnc12. The van der Waals surface area contributed by atoms with E-state index in [0.717, 1.165) is 33.2 Å². The topological polar surface area (TPSA) is 128 Å². The highest BCUT2D eigenvalue weighted by Crippen LogP contribution is 2.32. The largest absolute Gasteiger partial charge is 0.382 e. The van der Waals surface area contributed by atoms with E-state index in [9.17, 15) is 13.2 Å². The van der Waals surface area contributed by atoms with Crippen LogP contribution in [0.2, 0.25) is 0 Å². The maximum Gasteiger partial charge on any atom is 0.258 e. The molecular formula is C26H23N5O3S2. The van der Waals surface area contributed by atoms with Crippen LogP contribution < -0.4 is 11.1 Å². The number of nitrogens with one attached hydrogen (secondary N) is 1. The number of hydrogen-bond acceptors (Lipinski definition) is 8. The highest BCUT2D eigenvalue weighted by molar-refractivity contribution is 7.89. The molecule has 0 aliphatic carbocycles. The zero-order valence-corrected chi connectivity index (χ0v) is 21.3. The Labute approximate surface area is 212 Å². The molecule has 182 valence electrons. The third-order valence-electron chi connectivity index (χ3n) is 5.89. The van der Waals surface area contributed by atoms with Gasteiger partial charge in [0.25, 0.3) is 5.91 Å². The molecule has 0 saturated carbocycles. The molecule has 0 aliphatic rings. The lowest BCUT2D eigenvalue weighted by Crippen LogP contribution is -2.13. The molecular weight excluding hydrogens is 494 g/mol. The van der Waals surface area contributed by atoms with E-state index in [1.165, 1.54) is 23.9 Å². The normalized spacial score (nSPS) is 11.7. The molecule has 0 unspecified atom stereocenters. The van der Waals surface area contributed by atoms with Gasteiger partial charge in [-0.05, 0) is 29.7 Å². The lowest BCUT2D eigenvalue weighted by Gasteiger charge is -2.14. The van der Waals surface area contributed by atoms with Gasteiger partial charge in [-0.2, -0.15) is 0 Å². The highest BCUT2D eigenvalue weighted by atomic mass is 32.2. The predicted octanol–water partition coefficient (Wildman–Crippen LogP) is 4.52. The Hall–Kier alpha value is -3.89. The van der Waals surface area contributed by atoms with Crippen LogP contribution >= 0.6 is 11.3 Å². The van der Waals surface area contributed by atoms with Gasteiger partial charge < -0.3 is 11.1 Å². The first-order chi connectivity index (χ1) is 17.2. The molecule has 10 heteroatoms. The van der Waals surface area contributed by atoms with Gasteiger partial charge in [-0.15, -0.1) is 11.3 Å². The van der Waals surface area contributed by atoms with Crippen molar-refractivity contribution in [3.63, 3.8) is 0 Å². The number of nitrogens with zero attached hydrogens (tertiary/aromatic N) is 3. The quantitative estimate of drug-likeness (QED) is 0.339. The number of fused-ring (bicyclic) bond motifs is 2. The Kier molecular flexibility index (Phi) is 6.15. The number of carbonyl (C=O) groups excluding carboxylic acids is 1. The molecule has 0 fully saturated rings. The summed E-state index contributed by atoms with van der Waals surface area (Å²) in [4.78, 5) is 26.1. The monoisotopic (exact) mass is 517 g/mol. The van der Waals surface area contributed by atoms with E-state index in [0.29, 0.717) is 33.7 Å². The number of pyridine rings is 1. The summed E-state index contributed by atoms with van der Waals surface area (Å²) < 4.78 is 24.1. The summed E-state index contributed by atoms with van der Waals surface area (Å²) in [7, 11) is -3.13. The highest BCUT2D eigenvalue weighted by Gasteiger charge is 2.18. The van der Waals surface area contributed by atoms with E-state index in [1.807, 2.05) is 49.4 Å². The van der Waals surface area contributed by atoms with Gasteiger partial charge in [-0.1, -0.05) is 36.4 Å². The molecule has 0 saturated heterocycles. The molecule has 0 bridgehead atoms. The van der Waals surface area contributed by atoms with Crippen molar-refractivity contribution in [1.82, 2.24) is 15.0 Å². The van der Waals surface area contributed by atoms with Crippen molar-refractivity contribution < 1.29 is 13.2 Å². The number of rotatable bonds is 6. The number of aryl methyl sites for hydroxylation is 1. The molecule has 8 nitrogen and oxygen atoms in total. The van der Waals surface area contributed by atoms with Gasteiger partial charge in [0.05, 0.1) is 32.9 Å². The van der Waals surface area contributed by atoms with Gasteiger partial charge >= 0.3 is 0 Å². The molecule has 5 rings (SSSR count). The van der Waals surface area contributed by atoms with E-state index in [2.05, 4.69) is 20.3 Å². The van der Waals surface area contributed by atoms with E-state index in [1.54, 1.807) is 11.6 Å². The lowest BCUT2D eigenvalue weighted by atomic mass is 9.99. The summed E-state index contributed by atoms with van der Waals surface area (Å²) in [5.41, 5.74) is 11.1. The van der Waals surface area contributed by atoms with Crippen LogP contribution in [0.5, 0.6) is 0 Å². The van der Waals surface area contributed by atoms with Crippen molar-refractivity contribution in [3.05, 3.63) is 88.3 Å². The van der Waals surface area contributed by atoms with Crippen LogP contribution in [0.15, 0.2) is 60.4 Å². The Bertz CT molecular complexity index is 1750. The number of thiophene rings is 1. The van der Waals surface area contributed by atoms with Crippen LogP contribution in [0.3, 0.4) is 0 Å². The van der Waals surface area contributed by atoms with Gasteiger partial charge in [0.15, 0.2) is 9.84 Å². The summed E-state index contributed by atoms with van der Waals surface area (Å²) in [6.45, 7) is 1.94. The second-order valence-corrected chi connectivity index (χ2v) is 11.7. The fourth-order valence-electron chi connectivity index (χ4n) is 4.27. The molecule has 0 radical (unpaired) electrons. The number of carbonyl (C=O) groups is 1. The minimum Gasteiger partial charge on any atom is -0.382 e. The number of aromatic nitrogens is 3. The summed E-state index contributed by atoms with van der Waals surface area (Å²) in [5, 5.41) is 6.58. The maximum absolute atomic E-state index is 13.3. The van der Waals surface area contributed by atoms with Gasteiger partial charge in [0.1, 0.15) is 12.1 Å². The predicted molar refractivity (Wildman–Crippen MR) is 144 cm³/mol. The summed E-state index contributed by atoms with van der Waals surface area (Å²) in [6, 6.07) is 13.4. The molecule has 3 aromatic heterocycles. The van der Waals surface area contributed by atoms with Crippen LogP contribution in [-0.4, -0.2) is 35.5 Å². The Morgan fingerprint density at radius 3 is 2.67 bits per heavy atom. The second kappa shape index (κ2) is 9.29. The fourth-order valence-corrected chi connectivity index (χ4v) is 5.96. The third-order valence-corrected chi connectivity index (χ3v) is 7.74. The number of anilines is 2. The first kappa shape index (κ1) is 23.8. The molecule has 1 amide bonds. The molecule has 0 spiro atoms.